The Kier molecular flexibility index (Phi) is 6.44. The summed E-state index contributed by atoms with van der Waals surface area (Å²) in [7, 11) is 0. The zero-order valence-corrected chi connectivity index (χ0v) is 25.2. The number of aromatic hydroxyl groups is 1. The lowest BCUT2D eigenvalue weighted by Crippen LogP contribution is -2.61. The van der Waals surface area contributed by atoms with Gasteiger partial charge in [0.2, 0.25) is 11.8 Å². The summed E-state index contributed by atoms with van der Waals surface area (Å²) in [4.78, 5) is 53.0. The molecule has 1 saturated heterocycles. The maximum absolute atomic E-state index is 17.4. The van der Waals surface area contributed by atoms with Gasteiger partial charge >= 0.3 is 0 Å². The molecule has 10 nitrogen and oxygen atoms in total. The van der Waals surface area contributed by atoms with Crippen LogP contribution in [0.5, 0.6) is 5.75 Å². The minimum absolute atomic E-state index is 0.0162. The highest BCUT2D eigenvalue weighted by Crippen LogP contribution is 2.50. The molecule has 234 valence electrons. The maximum Gasteiger partial charge on any atom is 0.281 e. The number of benzene rings is 2. The number of carbonyl (C=O) groups excluding carboxylic acids is 2. The van der Waals surface area contributed by atoms with Crippen LogP contribution in [0.3, 0.4) is 0 Å². The monoisotopic (exact) mass is 644 g/mol. The third-order valence-electron chi connectivity index (χ3n) is 9.30. The van der Waals surface area contributed by atoms with E-state index in [1.54, 1.807) is 4.90 Å². The van der Waals surface area contributed by atoms with Crippen LogP contribution in [0.2, 0.25) is 5.02 Å². The number of nitrogens with zero attached hydrogens (tertiary/aromatic N) is 5. The van der Waals surface area contributed by atoms with E-state index in [9.17, 15) is 19.5 Å². The van der Waals surface area contributed by atoms with Crippen LogP contribution in [-0.4, -0.2) is 62.0 Å². The SMILES string of the molecule is C=CC(=O)N1CCN2c3c(c(=O)n(-c4c(C5CC5)ncnc4C4CC4)c4c(F)c(-c5c(O)cccc5F)c(Cl)cc34)NC(=O)[C@H]2C1. The average Bonchev–Trinajstić information content (AvgIpc) is 3.97. The number of carbonyl (C=O) groups is 2. The van der Waals surface area contributed by atoms with Crippen LogP contribution in [0.1, 0.15) is 48.9 Å². The van der Waals surface area contributed by atoms with Crippen LogP contribution in [0.15, 0.2) is 48.0 Å². The third kappa shape index (κ3) is 4.23. The van der Waals surface area contributed by atoms with E-state index in [0.29, 0.717) is 17.1 Å². The van der Waals surface area contributed by atoms with E-state index in [1.165, 1.54) is 40.1 Å². The van der Waals surface area contributed by atoms with Crippen LogP contribution in [0, 0.1) is 11.6 Å². The first-order chi connectivity index (χ1) is 22.2. The van der Waals surface area contributed by atoms with Gasteiger partial charge in [-0.05, 0) is 50.0 Å². The molecule has 0 spiro atoms. The van der Waals surface area contributed by atoms with Gasteiger partial charge in [-0.3, -0.25) is 19.0 Å². The molecule has 13 heteroatoms. The van der Waals surface area contributed by atoms with Crippen LogP contribution >= 0.6 is 11.6 Å². The molecule has 1 atom stereocenters. The van der Waals surface area contributed by atoms with Crippen molar-refractivity contribution in [1.82, 2.24) is 19.4 Å². The largest absolute Gasteiger partial charge is 0.507 e. The Morgan fingerprint density at radius 1 is 1.04 bits per heavy atom. The normalized spacial score (nSPS) is 19.1. The second-order valence-electron chi connectivity index (χ2n) is 12.2. The van der Waals surface area contributed by atoms with Crippen molar-refractivity contribution in [2.24, 2.45) is 0 Å². The fourth-order valence-electron chi connectivity index (χ4n) is 6.83. The fourth-order valence-corrected chi connectivity index (χ4v) is 7.12. The number of phenolic OH excluding ortho intramolecular Hbond substituents is 1. The van der Waals surface area contributed by atoms with E-state index in [0.717, 1.165) is 31.7 Å². The summed E-state index contributed by atoms with van der Waals surface area (Å²) in [5.41, 5.74) is -0.0350. The predicted molar refractivity (Wildman–Crippen MR) is 168 cm³/mol. The molecule has 0 bridgehead atoms. The molecular weight excluding hydrogens is 618 g/mol. The number of hydrogen-bond acceptors (Lipinski definition) is 7. The molecule has 2 saturated carbocycles. The van der Waals surface area contributed by atoms with Gasteiger partial charge in [0.05, 0.1) is 45.4 Å². The van der Waals surface area contributed by atoms with E-state index in [4.69, 9.17) is 11.6 Å². The minimum Gasteiger partial charge on any atom is -0.507 e. The quantitative estimate of drug-likeness (QED) is 0.294. The number of amides is 2. The molecule has 4 aromatic rings. The highest BCUT2D eigenvalue weighted by Gasteiger charge is 2.43. The zero-order valence-electron chi connectivity index (χ0n) is 24.4. The summed E-state index contributed by atoms with van der Waals surface area (Å²) in [5.74, 6) is -3.21. The fraction of sp³-hybridized carbons (Fsp3) is 0.303. The number of halogens is 3. The Bertz CT molecular complexity index is 2040. The molecule has 8 rings (SSSR count). The van der Waals surface area contributed by atoms with Gasteiger partial charge in [0, 0.05) is 35.9 Å². The number of anilines is 2. The van der Waals surface area contributed by atoms with Crippen LogP contribution in [0.4, 0.5) is 20.2 Å². The highest BCUT2D eigenvalue weighted by atomic mass is 35.5. The van der Waals surface area contributed by atoms with Crippen molar-refractivity contribution in [2.75, 3.05) is 29.9 Å². The van der Waals surface area contributed by atoms with Crippen LogP contribution in [0.25, 0.3) is 27.7 Å². The van der Waals surface area contributed by atoms with Gasteiger partial charge in [0.1, 0.15) is 29.6 Å². The highest BCUT2D eigenvalue weighted by molar-refractivity contribution is 6.35. The van der Waals surface area contributed by atoms with Gasteiger partial charge in [0.25, 0.3) is 5.56 Å². The molecule has 4 aliphatic rings. The molecule has 0 radical (unpaired) electrons. The van der Waals surface area contributed by atoms with Crippen molar-refractivity contribution in [3.05, 3.63) is 81.6 Å². The van der Waals surface area contributed by atoms with Crippen LogP contribution in [-0.2, 0) is 9.59 Å². The topological polar surface area (TPSA) is 121 Å². The number of hydrogen-bond donors (Lipinski definition) is 2. The molecule has 46 heavy (non-hydrogen) atoms. The number of pyridine rings is 1. The lowest BCUT2D eigenvalue weighted by Gasteiger charge is -2.45. The molecule has 0 unspecified atom stereocenters. The minimum atomic E-state index is -1.02. The lowest BCUT2D eigenvalue weighted by atomic mass is 9.96. The van der Waals surface area contributed by atoms with E-state index in [-0.39, 0.29) is 64.7 Å². The van der Waals surface area contributed by atoms with E-state index in [1.807, 2.05) is 0 Å². The Morgan fingerprint density at radius 3 is 2.37 bits per heavy atom. The van der Waals surface area contributed by atoms with Crippen molar-refractivity contribution in [2.45, 2.75) is 43.6 Å². The summed E-state index contributed by atoms with van der Waals surface area (Å²) in [5, 5.41) is 13.4. The van der Waals surface area contributed by atoms with Crippen molar-refractivity contribution in [1.29, 1.82) is 0 Å². The molecule has 2 aliphatic heterocycles. The summed E-state index contributed by atoms with van der Waals surface area (Å²) >= 11 is 6.74. The summed E-state index contributed by atoms with van der Waals surface area (Å²) in [6, 6.07) is 4.15. The molecule has 3 fully saturated rings. The molecule has 2 N–H and O–H groups in total. The van der Waals surface area contributed by atoms with Gasteiger partial charge in [-0.1, -0.05) is 24.2 Å². The summed E-state index contributed by atoms with van der Waals surface area (Å²) in [6.45, 7) is 3.94. The smallest absolute Gasteiger partial charge is 0.281 e. The molecule has 4 heterocycles. The van der Waals surface area contributed by atoms with Gasteiger partial charge in [0.15, 0.2) is 5.82 Å². The Hall–Kier alpha value is -4.84. The lowest BCUT2D eigenvalue weighted by molar-refractivity contribution is -0.128. The van der Waals surface area contributed by atoms with Gasteiger partial charge in [-0.2, -0.15) is 0 Å². The Morgan fingerprint density at radius 2 is 1.74 bits per heavy atom. The van der Waals surface area contributed by atoms with E-state index >= 15 is 8.78 Å². The zero-order chi connectivity index (χ0) is 32.0. The first-order valence-corrected chi connectivity index (χ1v) is 15.5. The number of piperazine rings is 1. The third-order valence-corrected chi connectivity index (χ3v) is 9.60. The Labute approximate surface area is 265 Å². The van der Waals surface area contributed by atoms with Crippen molar-refractivity contribution in [3.63, 3.8) is 0 Å². The molecule has 2 aromatic carbocycles. The molecule has 2 aliphatic carbocycles. The maximum atomic E-state index is 17.4. The second kappa shape index (κ2) is 10.3. The predicted octanol–water partition coefficient (Wildman–Crippen LogP) is 5.00. The summed E-state index contributed by atoms with van der Waals surface area (Å²) in [6.07, 6.45) is 5.97. The van der Waals surface area contributed by atoms with Crippen molar-refractivity contribution >= 4 is 45.7 Å². The average molecular weight is 645 g/mol. The van der Waals surface area contributed by atoms with Crippen LogP contribution < -0.4 is 15.8 Å². The standard InChI is InChI=1S/C33H27ClF2N6O4/c1-2-22(44)40-10-11-41-20(13-40)32(45)39-28-30(41)17-12-18(34)23(24-19(35)4-3-5-21(24)43)25(36)29(17)42(33(28)46)31-26(15-6-7-15)37-14-38-27(31)16-8-9-16/h2-5,12,14-16,20,43H,1,6-11,13H2,(H,39,45)/t20-/m1/s1. The number of rotatable bonds is 5. The van der Waals surface area contributed by atoms with Crippen molar-refractivity contribution in [3.8, 4) is 22.6 Å². The number of nitrogens with one attached hydrogen (secondary N) is 1. The van der Waals surface area contributed by atoms with Crippen molar-refractivity contribution < 1.29 is 23.5 Å². The second-order valence-corrected chi connectivity index (χ2v) is 12.6. The summed E-state index contributed by atoms with van der Waals surface area (Å²) < 4.78 is 33.8. The number of fused-ring (bicyclic) bond motifs is 5. The van der Waals surface area contributed by atoms with Gasteiger partial charge in [-0.25, -0.2) is 18.7 Å². The van der Waals surface area contributed by atoms with Gasteiger partial charge < -0.3 is 20.2 Å². The Balaban J connectivity index is 1.48. The first-order valence-electron chi connectivity index (χ1n) is 15.1. The molecule has 2 amide bonds. The first kappa shape index (κ1) is 28.6. The molecular formula is C33H27ClF2N6O4. The van der Waals surface area contributed by atoms with E-state index in [2.05, 4.69) is 21.9 Å². The molecule has 2 aromatic heterocycles. The number of aromatic nitrogens is 3. The number of phenols is 1. The van der Waals surface area contributed by atoms with Gasteiger partial charge in [-0.15, -0.1) is 0 Å². The van der Waals surface area contributed by atoms with E-state index < -0.39 is 46.0 Å².